The average Bonchev–Trinajstić information content (AvgIpc) is 2.94. The van der Waals surface area contributed by atoms with Crippen molar-refractivity contribution in [2.45, 2.75) is 57.2 Å². The SMILES string of the molecule is CC1CCN(C(=O)c2ccc(S(=O)(=O)NC(C)(C)C)o2)C(CN)C1. The Kier molecular flexibility index (Phi) is 5.41. The first kappa shape index (κ1) is 19.0. The third-order valence-corrected chi connectivity index (χ3v) is 5.64. The molecule has 1 fully saturated rings. The maximum absolute atomic E-state index is 12.7. The number of furan rings is 1. The van der Waals surface area contributed by atoms with Crippen LogP contribution >= 0.6 is 0 Å². The molecule has 0 saturated carbocycles. The van der Waals surface area contributed by atoms with Crippen LogP contribution in [0.3, 0.4) is 0 Å². The van der Waals surface area contributed by atoms with Gasteiger partial charge in [-0.2, -0.15) is 0 Å². The van der Waals surface area contributed by atoms with Crippen molar-refractivity contribution in [2.24, 2.45) is 11.7 Å². The molecule has 0 aromatic carbocycles. The first-order chi connectivity index (χ1) is 11.0. The molecule has 1 amide bonds. The molecule has 2 atom stereocenters. The number of amides is 1. The number of rotatable bonds is 4. The van der Waals surface area contributed by atoms with E-state index >= 15 is 0 Å². The number of likely N-dealkylation sites (tertiary alicyclic amines) is 1. The summed E-state index contributed by atoms with van der Waals surface area (Å²) in [7, 11) is -3.80. The number of hydrogen-bond donors (Lipinski definition) is 2. The van der Waals surface area contributed by atoms with Gasteiger partial charge in [0.1, 0.15) is 0 Å². The molecule has 7 nitrogen and oxygen atoms in total. The van der Waals surface area contributed by atoms with Crippen molar-refractivity contribution in [1.82, 2.24) is 9.62 Å². The lowest BCUT2D eigenvalue weighted by molar-refractivity contribution is 0.0536. The predicted molar refractivity (Wildman–Crippen MR) is 91.1 cm³/mol. The lowest BCUT2D eigenvalue weighted by atomic mass is 9.92. The molecule has 1 aliphatic heterocycles. The third-order valence-electron chi connectivity index (χ3n) is 4.01. The van der Waals surface area contributed by atoms with Crippen molar-refractivity contribution in [2.75, 3.05) is 13.1 Å². The fourth-order valence-corrected chi connectivity index (χ4v) is 4.27. The van der Waals surface area contributed by atoms with Gasteiger partial charge in [0.15, 0.2) is 5.76 Å². The van der Waals surface area contributed by atoms with E-state index in [1.54, 1.807) is 25.7 Å². The highest BCUT2D eigenvalue weighted by atomic mass is 32.2. The average molecular weight is 357 g/mol. The van der Waals surface area contributed by atoms with Gasteiger partial charge in [0.2, 0.25) is 5.09 Å². The standard InChI is InChI=1S/C16H27N3O4S/c1-11-7-8-19(12(9-11)10-17)15(20)13-5-6-14(23-13)24(21,22)18-16(2,3)4/h5-6,11-12,18H,7-10,17H2,1-4H3. The normalized spacial score (nSPS) is 22.6. The van der Waals surface area contributed by atoms with Crippen LogP contribution < -0.4 is 10.5 Å². The summed E-state index contributed by atoms with van der Waals surface area (Å²) in [4.78, 5) is 14.3. The number of piperidine rings is 1. The Bertz CT molecular complexity index is 690. The summed E-state index contributed by atoms with van der Waals surface area (Å²) in [6, 6.07) is 2.68. The molecule has 24 heavy (non-hydrogen) atoms. The van der Waals surface area contributed by atoms with Crippen LogP contribution in [0.25, 0.3) is 0 Å². The van der Waals surface area contributed by atoms with E-state index < -0.39 is 15.6 Å². The Morgan fingerprint density at radius 3 is 2.67 bits per heavy atom. The highest BCUT2D eigenvalue weighted by Crippen LogP contribution is 2.25. The maximum Gasteiger partial charge on any atom is 0.289 e. The lowest BCUT2D eigenvalue weighted by Crippen LogP contribution is -2.49. The van der Waals surface area contributed by atoms with Crippen molar-refractivity contribution in [1.29, 1.82) is 0 Å². The van der Waals surface area contributed by atoms with Crippen LogP contribution in [0.1, 0.15) is 51.1 Å². The van der Waals surface area contributed by atoms with Gasteiger partial charge in [-0.1, -0.05) is 6.92 Å². The first-order valence-electron chi connectivity index (χ1n) is 8.18. The van der Waals surface area contributed by atoms with Gasteiger partial charge in [-0.3, -0.25) is 4.79 Å². The molecule has 2 rings (SSSR count). The summed E-state index contributed by atoms with van der Waals surface area (Å²) in [5.41, 5.74) is 5.15. The van der Waals surface area contributed by atoms with Crippen LogP contribution in [-0.4, -0.2) is 43.9 Å². The second-order valence-electron chi connectivity index (χ2n) is 7.49. The number of hydrogen-bond acceptors (Lipinski definition) is 5. The molecule has 3 N–H and O–H groups in total. The van der Waals surface area contributed by atoms with E-state index in [9.17, 15) is 13.2 Å². The Morgan fingerprint density at radius 2 is 2.08 bits per heavy atom. The minimum absolute atomic E-state index is 0.0253. The summed E-state index contributed by atoms with van der Waals surface area (Å²) in [6.07, 6.45) is 1.75. The second kappa shape index (κ2) is 6.85. The van der Waals surface area contributed by atoms with Crippen LogP contribution in [0, 0.1) is 5.92 Å². The van der Waals surface area contributed by atoms with E-state index in [0.29, 0.717) is 19.0 Å². The molecule has 1 aromatic rings. The molecule has 136 valence electrons. The summed E-state index contributed by atoms with van der Waals surface area (Å²) >= 11 is 0. The molecule has 0 spiro atoms. The van der Waals surface area contributed by atoms with Gasteiger partial charge in [-0.15, -0.1) is 0 Å². The molecule has 2 heterocycles. The van der Waals surface area contributed by atoms with E-state index in [1.807, 2.05) is 0 Å². The number of nitrogens with two attached hydrogens (primary N) is 1. The molecule has 0 aliphatic carbocycles. The van der Waals surface area contributed by atoms with E-state index in [0.717, 1.165) is 12.8 Å². The molecule has 1 saturated heterocycles. The zero-order valence-corrected chi connectivity index (χ0v) is 15.5. The fourth-order valence-electron chi connectivity index (χ4n) is 2.92. The number of carbonyl (C=O) groups is 1. The maximum atomic E-state index is 12.7. The number of carbonyl (C=O) groups excluding carboxylic acids is 1. The van der Waals surface area contributed by atoms with Gasteiger partial charge >= 0.3 is 0 Å². The summed E-state index contributed by atoms with van der Waals surface area (Å²) < 4.78 is 32.4. The molecule has 1 aliphatic rings. The summed E-state index contributed by atoms with van der Waals surface area (Å²) in [5.74, 6) is 0.234. The van der Waals surface area contributed by atoms with Gasteiger partial charge in [0, 0.05) is 24.7 Å². The van der Waals surface area contributed by atoms with Gasteiger partial charge in [-0.05, 0) is 51.7 Å². The summed E-state index contributed by atoms with van der Waals surface area (Å²) in [6.45, 7) is 8.33. The highest BCUT2D eigenvalue weighted by Gasteiger charge is 2.32. The molecule has 1 aromatic heterocycles. The molecule has 2 unspecified atom stereocenters. The Morgan fingerprint density at radius 1 is 1.42 bits per heavy atom. The molecule has 0 bridgehead atoms. The Hall–Kier alpha value is -1.38. The summed E-state index contributed by atoms with van der Waals surface area (Å²) in [5, 5.41) is -0.254. The first-order valence-corrected chi connectivity index (χ1v) is 9.66. The number of nitrogens with one attached hydrogen (secondary N) is 1. The zero-order chi connectivity index (χ0) is 18.1. The van der Waals surface area contributed by atoms with Crippen molar-refractivity contribution < 1.29 is 17.6 Å². The molecule has 8 heteroatoms. The highest BCUT2D eigenvalue weighted by molar-refractivity contribution is 7.89. The lowest BCUT2D eigenvalue weighted by Gasteiger charge is -2.37. The monoisotopic (exact) mass is 357 g/mol. The van der Waals surface area contributed by atoms with Crippen molar-refractivity contribution in [3.8, 4) is 0 Å². The smallest absolute Gasteiger partial charge is 0.289 e. The minimum atomic E-state index is -3.80. The zero-order valence-electron chi connectivity index (χ0n) is 14.7. The van der Waals surface area contributed by atoms with Gasteiger partial charge in [-0.25, -0.2) is 13.1 Å². The van der Waals surface area contributed by atoms with E-state index in [-0.39, 0.29) is 22.8 Å². The largest absolute Gasteiger partial charge is 0.438 e. The van der Waals surface area contributed by atoms with Crippen molar-refractivity contribution in [3.05, 3.63) is 17.9 Å². The fraction of sp³-hybridized carbons (Fsp3) is 0.688. The van der Waals surface area contributed by atoms with Crippen LogP contribution in [-0.2, 0) is 10.0 Å². The van der Waals surface area contributed by atoms with Crippen LogP contribution in [0.2, 0.25) is 0 Å². The van der Waals surface area contributed by atoms with Crippen molar-refractivity contribution in [3.63, 3.8) is 0 Å². The minimum Gasteiger partial charge on any atom is -0.438 e. The van der Waals surface area contributed by atoms with Crippen LogP contribution in [0.15, 0.2) is 21.6 Å². The Labute approximate surface area is 143 Å². The van der Waals surface area contributed by atoms with E-state index in [4.69, 9.17) is 10.2 Å². The molecular weight excluding hydrogens is 330 g/mol. The van der Waals surface area contributed by atoms with Crippen LogP contribution in [0.5, 0.6) is 0 Å². The Balaban J connectivity index is 2.19. The topological polar surface area (TPSA) is 106 Å². The van der Waals surface area contributed by atoms with Gasteiger partial charge in [0.25, 0.3) is 15.9 Å². The third kappa shape index (κ3) is 4.37. The molecule has 0 radical (unpaired) electrons. The van der Waals surface area contributed by atoms with Crippen LogP contribution in [0.4, 0.5) is 0 Å². The number of nitrogens with zero attached hydrogens (tertiary/aromatic N) is 1. The van der Waals surface area contributed by atoms with E-state index in [2.05, 4.69) is 11.6 Å². The number of sulfonamides is 1. The molecular formula is C16H27N3O4S. The van der Waals surface area contributed by atoms with Gasteiger partial charge in [0.05, 0.1) is 0 Å². The van der Waals surface area contributed by atoms with Crippen molar-refractivity contribution >= 4 is 15.9 Å². The van der Waals surface area contributed by atoms with Gasteiger partial charge < -0.3 is 15.1 Å². The quantitative estimate of drug-likeness (QED) is 0.850. The van der Waals surface area contributed by atoms with E-state index in [1.165, 1.54) is 12.1 Å². The second-order valence-corrected chi connectivity index (χ2v) is 9.11. The predicted octanol–water partition coefficient (Wildman–Crippen LogP) is 1.56.